The molecule has 11 heteroatoms. The van der Waals surface area contributed by atoms with Gasteiger partial charge in [0.1, 0.15) is 30.7 Å². The number of aliphatic hydroxyl groups excluding tert-OH is 2. The monoisotopic (exact) mass is 385 g/mol. The maximum atomic E-state index is 11.8. The fourth-order valence-corrected chi connectivity index (χ4v) is 2.57. The lowest BCUT2D eigenvalue weighted by Crippen LogP contribution is -2.36. The number of carbonyl (C=O) groups excluding carboxylic acids is 2. The highest BCUT2D eigenvalue weighted by molar-refractivity contribution is 5.72. The number of ether oxygens (including phenoxy) is 3. The highest BCUT2D eigenvalue weighted by atomic mass is 16.6. The fraction of sp³-hybridized carbons (Fsp3) is 0.625. The quantitative estimate of drug-likeness (QED) is 0.459. The van der Waals surface area contributed by atoms with Crippen molar-refractivity contribution in [1.29, 1.82) is 0 Å². The van der Waals surface area contributed by atoms with Crippen LogP contribution in [0.15, 0.2) is 17.1 Å². The first-order valence-corrected chi connectivity index (χ1v) is 8.51. The largest absolute Gasteiger partial charge is 0.466 e. The average Bonchev–Trinajstić information content (AvgIpc) is 2.88. The molecule has 1 fully saturated rings. The number of aromatic nitrogens is 2. The molecule has 1 aliphatic heterocycles. The maximum absolute atomic E-state index is 11.8. The topological polar surface area (TPSA) is 163 Å². The molecular formula is C16H23N3O8. The van der Waals surface area contributed by atoms with Crippen molar-refractivity contribution in [3.8, 4) is 0 Å². The minimum absolute atomic E-state index is 0.00501. The van der Waals surface area contributed by atoms with Crippen LogP contribution in [0.1, 0.15) is 32.4 Å². The molecule has 4 atom stereocenters. The second kappa shape index (κ2) is 9.44. The molecule has 11 nitrogen and oxygen atoms in total. The van der Waals surface area contributed by atoms with Gasteiger partial charge < -0.3 is 30.2 Å². The van der Waals surface area contributed by atoms with Gasteiger partial charge in [0, 0.05) is 19.0 Å². The van der Waals surface area contributed by atoms with Crippen molar-refractivity contribution in [2.24, 2.45) is 0 Å². The van der Waals surface area contributed by atoms with Crippen molar-refractivity contribution in [3.63, 3.8) is 0 Å². The smallest absolute Gasteiger partial charge is 0.351 e. The Morgan fingerprint density at radius 3 is 2.56 bits per heavy atom. The van der Waals surface area contributed by atoms with E-state index in [1.54, 1.807) is 6.92 Å². The second-order valence-corrected chi connectivity index (χ2v) is 5.93. The van der Waals surface area contributed by atoms with Crippen LogP contribution in [-0.2, 0) is 23.8 Å². The summed E-state index contributed by atoms with van der Waals surface area (Å²) in [6.45, 7) is 1.65. The second-order valence-electron chi connectivity index (χ2n) is 5.93. The number of carbonyl (C=O) groups is 2. The molecule has 0 bridgehead atoms. The number of hydrogen-bond acceptors (Lipinski definition) is 10. The van der Waals surface area contributed by atoms with E-state index in [9.17, 15) is 24.6 Å². The SMILES string of the molecule is CCOC(=O)CCCC(=O)OCC1OC(n2ccc(N)nc2=O)C(O)C1O. The lowest BCUT2D eigenvalue weighted by molar-refractivity contribution is -0.150. The van der Waals surface area contributed by atoms with Crippen LogP contribution in [0.5, 0.6) is 0 Å². The lowest BCUT2D eigenvalue weighted by atomic mass is 10.1. The van der Waals surface area contributed by atoms with Crippen LogP contribution in [0.4, 0.5) is 5.82 Å². The van der Waals surface area contributed by atoms with E-state index in [4.69, 9.17) is 19.9 Å². The zero-order chi connectivity index (χ0) is 20.0. The van der Waals surface area contributed by atoms with E-state index in [0.717, 1.165) is 4.57 Å². The summed E-state index contributed by atoms with van der Waals surface area (Å²) in [5, 5.41) is 20.2. The molecule has 0 amide bonds. The van der Waals surface area contributed by atoms with Crippen LogP contribution < -0.4 is 11.4 Å². The number of nitrogen functional groups attached to an aromatic ring is 1. The Balaban J connectivity index is 1.84. The molecule has 1 aromatic heterocycles. The summed E-state index contributed by atoms with van der Waals surface area (Å²) in [6, 6.07) is 1.35. The molecule has 1 aromatic rings. The van der Waals surface area contributed by atoms with Gasteiger partial charge >= 0.3 is 17.6 Å². The summed E-state index contributed by atoms with van der Waals surface area (Å²) in [7, 11) is 0. The first-order valence-electron chi connectivity index (χ1n) is 8.51. The first kappa shape index (κ1) is 20.8. The fourth-order valence-electron chi connectivity index (χ4n) is 2.57. The number of nitrogens with zero attached hydrogens (tertiary/aromatic N) is 2. The van der Waals surface area contributed by atoms with E-state index in [0.29, 0.717) is 0 Å². The number of esters is 2. The number of aliphatic hydroxyl groups is 2. The van der Waals surface area contributed by atoms with Gasteiger partial charge in [0.05, 0.1) is 6.61 Å². The van der Waals surface area contributed by atoms with Crippen LogP contribution >= 0.6 is 0 Å². The highest BCUT2D eigenvalue weighted by Crippen LogP contribution is 2.28. The molecule has 4 unspecified atom stereocenters. The van der Waals surface area contributed by atoms with Gasteiger partial charge in [0.15, 0.2) is 6.23 Å². The highest BCUT2D eigenvalue weighted by Gasteiger charge is 2.44. The molecule has 2 heterocycles. The normalized spacial score (nSPS) is 24.6. The predicted molar refractivity (Wildman–Crippen MR) is 90.3 cm³/mol. The van der Waals surface area contributed by atoms with Crippen LogP contribution in [-0.4, -0.2) is 63.2 Å². The van der Waals surface area contributed by atoms with Crippen molar-refractivity contribution in [3.05, 3.63) is 22.7 Å². The Morgan fingerprint density at radius 1 is 1.26 bits per heavy atom. The Morgan fingerprint density at radius 2 is 1.93 bits per heavy atom. The summed E-state index contributed by atoms with van der Waals surface area (Å²) >= 11 is 0. The Labute approximate surface area is 154 Å². The van der Waals surface area contributed by atoms with E-state index in [1.165, 1.54) is 12.3 Å². The molecule has 0 aromatic carbocycles. The molecule has 1 saturated heterocycles. The van der Waals surface area contributed by atoms with Gasteiger partial charge in [-0.15, -0.1) is 0 Å². The number of rotatable bonds is 8. The van der Waals surface area contributed by atoms with Gasteiger partial charge in [-0.1, -0.05) is 0 Å². The average molecular weight is 385 g/mol. The van der Waals surface area contributed by atoms with Crippen LogP contribution in [0.25, 0.3) is 0 Å². The molecule has 27 heavy (non-hydrogen) atoms. The summed E-state index contributed by atoms with van der Waals surface area (Å²) in [6.07, 6.45) is -3.35. The standard InChI is InChI=1S/C16H23N3O8/c1-2-25-11(20)4-3-5-12(21)26-8-9-13(22)14(23)15(27-9)19-7-6-10(17)18-16(19)24/h6-7,9,13-15,22-23H,2-5,8H2,1H3,(H2,17,18,24). The van der Waals surface area contributed by atoms with Crippen molar-refractivity contribution in [2.75, 3.05) is 18.9 Å². The van der Waals surface area contributed by atoms with Crippen LogP contribution in [0.3, 0.4) is 0 Å². The zero-order valence-corrected chi connectivity index (χ0v) is 14.8. The molecular weight excluding hydrogens is 362 g/mol. The molecule has 150 valence electrons. The van der Waals surface area contributed by atoms with E-state index in [2.05, 4.69) is 4.98 Å². The number of anilines is 1. The van der Waals surface area contributed by atoms with E-state index < -0.39 is 42.2 Å². The summed E-state index contributed by atoms with van der Waals surface area (Å²) in [5.74, 6) is -0.967. The van der Waals surface area contributed by atoms with Crippen molar-refractivity contribution < 1.29 is 34.0 Å². The third-order valence-corrected chi connectivity index (χ3v) is 3.94. The lowest BCUT2D eigenvalue weighted by Gasteiger charge is -2.16. The number of nitrogens with two attached hydrogens (primary N) is 1. The zero-order valence-electron chi connectivity index (χ0n) is 14.8. The van der Waals surface area contributed by atoms with Gasteiger partial charge in [0.25, 0.3) is 0 Å². The molecule has 0 spiro atoms. The third kappa shape index (κ3) is 5.49. The first-order chi connectivity index (χ1) is 12.8. The van der Waals surface area contributed by atoms with Crippen LogP contribution in [0, 0.1) is 0 Å². The summed E-state index contributed by atoms with van der Waals surface area (Å²) in [5.41, 5.74) is 4.66. The molecule has 0 aliphatic carbocycles. The van der Waals surface area contributed by atoms with Gasteiger partial charge in [0.2, 0.25) is 0 Å². The summed E-state index contributed by atoms with van der Waals surface area (Å²) in [4.78, 5) is 38.3. The molecule has 0 radical (unpaired) electrons. The van der Waals surface area contributed by atoms with Crippen molar-refractivity contribution in [2.45, 2.75) is 50.7 Å². The van der Waals surface area contributed by atoms with E-state index >= 15 is 0 Å². The Kier molecular flexibility index (Phi) is 7.28. The minimum Gasteiger partial charge on any atom is -0.466 e. The molecule has 1 aliphatic rings. The third-order valence-electron chi connectivity index (χ3n) is 3.94. The molecule has 4 N–H and O–H groups in total. The molecule has 2 rings (SSSR count). The van der Waals surface area contributed by atoms with E-state index in [-0.39, 0.29) is 38.3 Å². The van der Waals surface area contributed by atoms with Crippen molar-refractivity contribution in [1.82, 2.24) is 9.55 Å². The van der Waals surface area contributed by atoms with Gasteiger partial charge in [-0.2, -0.15) is 4.98 Å². The summed E-state index contributed by atoms with van der Waals surface area (Å²) < 4.78 is 16.2. The maximum Gasteiger partial charge on any atom is 0.351 e. The Hall–Kier alpha value is -2.50. The van der Waals surface area contributed by atoms with E-state index in [1.807, 2.05) is 0 Å². The Bertz CT molecular complexity index is 722. The van der Waals surface area contributed by atoms with Gasteiger partial charge in [-0.25, -0.2) is 4.79 Å². The van der Waals surface area contributed by atoms with Crippen LogP contribution in [0.2, 0.25) is 0 Å². The van der Waals surface area contributed by atoms with Gasteiger partial charge in [-0.3, -0.25) is 14.2 Å². The predicted octanol–water partition coefficient (Wildman–Crippen LogP) is -1.28. The molecule has 0 saturated carbocycles. The van der Waals surface area contributed by atoms with Gasteiger partial charge in [-0.05, 0) is 19.4 Å². The van der Waals surface area contributed by atoms with Crippen molar-refractivity contribution >= 4 is 17.8 Å². The minimum atomic E-state index is -1.42. The number of hydrogen-bond donors (Lipinski definition) is 3.